The molecular formula is C12H15NO3. The van der Waals surface area contributed by atoms with Crippen LogP contribution >= 0.6 is 0 Å². The van der Waals surface area contributed by atoms with Gasteiger partial charge in [-0.3, -0.25) is 0 Å². The minimum absolute atomic E-state index is 0.325. The van der Waals surface area contributed by atoms with Crippen molar-refractivity contribution in [3.8, 4) is 5.75 Å². The summed E-state index contributed by atoms with van der Waals surface area (Å²) in [5.41, 5.74) is 1.07. The largest absolute Gasteiger partial charge is 0.495 e. The number of carboxylic acid groups (broad SMARTS) is 1. The molecule has 2 N–H and O–H groups in total. The van der Waals surface area contributed by atoms with Gasteiger partial charge in [-0.05, 0) is 18.6 Å². The highest BCUT2D eigenvalue weighted by atomic mass is 16.5. The van der Waals surface area contributed by atoms with Crippen LogP contribution in [0.25, 0.3) is 0 Å². The molecule has 16 heavy (non-hydrogen) atoms. The van der Waals surface area contributed by atoms with Crippen molar-refractivity contribution >= 4 is 11.7 Å². The molecule has 0 aliphatic carbocycles. The van der Waals surface area contributed by atoms with E-state index in [1.165, 1.54) is 6.20 Å². The van der Waals surface area contributed by atoms with Gasteiger partial charge in [-0.2, -0.15) is 0 Å². The number of carboxylic acids is 1. The zero-order valence-electron chi connectivity index (χ0n) is 9.36. The molecule has 0 saturated heterocycles. The number of hydrogen-bond acceptors (Lipinski definition) is 3. The van der Waals surface area contributed by atoms with Crippen LogP contribution in [-0.4, -0.2) is 18.2 Å². The van der Waals surface area contributed by atoms with Gasteiger partial charge >= 0.3 is 5.97 Å². The molecule has 0 unspecified atom stereocenters. The molecule has 4 heteroatoms. The van der Waals surface area contributed by atoms with Crippen molar-refractivity contribution in [2.75, 3.05) is 12.4 Å². The Hall–Kier alpha value is -1.97. The van der Waals surface area contributed by atoms with Crippen molar-refractivity contribution in [2.24, 2.45) is 0 Å². The third kappa shape index (κ3) is 3.02. The van der Waals surface area contributed by atoms with E-state index in [4.69, 9.17) is 9.84 Å². The van der Waals surface area contributed by atoms with Crippen LogP contribution in [0.1, 0.15) is 13.3 Å². The second kappa shape index (κ2) is 5.80. The van der Waals surface area contributed by atoms with Crippen LogP contribution in [0.4, 0.5) is 5.69 Å². The predicted molar refractivity (Wildman–Crippen MR) is 62.6 cm³/mol. The lowest BCUT2D eigenvalue weighted by Gasteiger charge is -2.08. The molecular weight excluding hydrogens is 206 g/mol. The highest BCUT2D eigenvalue weighted by Crippen LogP contribution is 2.23. The van der Waals surface area contributed by atoms with E-state index < -0.39 is 5.97 Å². The first-order chi connectivity index (χ1) is 7.69. The first-order valence-electron chi connectivity index (χ1n) is 5.01. The Kier molecular flexibility index (Phi) is 4.39. The lowest BCUT2D eigenvalue weighted by Crippen LogP contribution is -2.02. The van der Waals surface area contributed by atoms with Crippen LogP contribution in [0.15, 0.2) is 36.0 Å². The summed E-state index contributed by atoms with van der Waals surface area (Å²) in [6.45, 7) is 1.80. The minimum Gasteiger partial charge on any atom is -0.495 e. The molecule has 0 radical (unpaired) electrons. The summed E-state index contributed by atoms with van der Waals surface area (Å²) in [5, 5.41) is 11.8. The van der Waals surface area contributed by atoms with Crippen molar-refractivity contribution in [1.29, 1.82) is 0 Å². The number of carbonyl (C=O) groups is 1. The Morgan fingerprint density at radius 1 is 1.50 bits per heavy atom. The fourth-order valence-electron chi connectivity index (χ4n) is 1.24. The van der Waals surface area contributed by atoms with Crippen molar-refractivity contribution in [2.45, 2.75) is 13.3 Å². The maximum absolute atomic E-state index is 10.8. The molecule has 4 nitrogen and oxygen atoms in total. The molecule has 0 bridgehead atoms. The molecule has 0 heterocycles. The Morgan fingerprint density at radius 3 is 2.75 bits per heavy atom. The van der Waals surface area contributed by atoms with E-state index in [0.29, 0.717) is 17.7 Å². The Bertz CT molecular complexity index is 399. The highest BCUT2D eigenvalue weighted by molar-refractivity contribution is 5.87. The summed E-state index contributed by atoms with van der Waals surface area (Å²) in [6.07, 6.45) is 1.96. The average molecular weight is 221 g/mol. The minimum atomic E-state index is -0.912. The Labute approximate surface area is 94.6 Å². The number of para-hydroxylation sites is 2. The summed E-state index contributed by atoms with van der Waals surface area (Å²) >= 11 is 0. The van der Waals surface area contributed by atoms with Crippen molar-refractivity contribution < 1.29 is 14.6 Å². The zero-order valence-corrected chi connectivity index (χ0v) is 9.36. The number of rotatable bonds is 5. The predicted octanol–water partition coefficient (Wildman–Crippen LogP) is 2.49. The molecule has 0 spiro atoms. The van der Waals surface area contributed by atoms with Crippen LogP contribution < -0.4 is 10.1 Å². The van der Waals surface area contributed by atoms with Crippen LogP contribution in [0.3, 0.4) is 0 Å². The molecule has 1 rings (SSSR count). The second-order valence-electron chi connectivity index (χ2n) is 3.17. The van der Waals surface area contributed by atoms with Gasteiger partial charge in [-0.25, -0.2) is 4.79 Å². The molecule has 0 amide bonds. The highest BCUT2D eigenvalue weighted by Gasteiger charge is 2.04. The smallest absolute Gasteiger partial charge is 0.333 e. The summed E-state index contributed by atoms with van der Waals surface area (Å²) in [5.74, 6) is -0.232. The first-order valence-corrected chi connectivity index (χ1v) is 5.01. The van der Waals surface area contributed by atoms with Gasteiger partial charge in [0.05, 0.1) is 18.4 Å². The molecule has 86 valence electrons. The van der Waals surface area contributed by atoms with Gasteiger partial charge in [0.15, 0.2) is 0 Å². The van der Waals surface area contributed by atoms with Crippen LogP contribution in [0, 0.1) is 0 Å². The molecule has 0 atom stereocenters. The van der Waals surface area contributed by atoms with E-state index in [0.717, 1.165) is 5.69 Å². The summed E-state index contributed by atoms with van der Waals surface area (Å²) < 4.78 is 5.13. The molecule has 0 aliphatic heterocycles. The quantitative estimate of drug-likeness (QED) is 0.750. The molecule has 0 aromatic heterocycles. The number of nitrogens with one attached hydrogen (secondary N) is 1. The Balaban J connectivity index is 2.84. The van der Waals surface area contributed by atoms with E-state index in [1.807, 2.05) is 24.3 Å². The van der Waals surface area contributed by atoms with E-state index in [-0.39, 0.29) is 0 Å². The molecule has 0 aliphatic rings. The van der Waals surface area contributed by atoms with Crippen molar-refractivity contribution in [1.82, 2.24) is 0 Å². The maximum Gasteiger partial charge on any atom is 0.333 e. The number of ether oxygens (including phenoxy) is 1. The molecule has 1 aromatic carbocycles. The fourth-order valence-corrected chi connectivity index (χ4v) is 1.24. The maximum atomic E-state index is 10.8. The lowest BCUT2D eigenvalue weighted by atomic mass is 10.2. The second-order valence-corrected chi connectivity index (χ2v) is 3.17. The van der Waals surface area contributed by atoms with E-state index >= 15 is 0 Å². The van der Waals surface area contributed by atoms with Crippen molar-refractivity contribution in [3.63, 3.8) is 0 Å². The number of hydrogen-bond donors (Lipinski definition) is 2. The van der Waals surface area contributed by atoms with Gasteiger partial charge in [0, 0.05) is 6.20 Å². The number of benzene rings is 1. The van der Waals surface area contributed by atoms with E-state index in [9.17, 15) is 4.79 Å². The average Bonchev–Trinajstić information content (AvgIpc) is 2.30. The van der Waals surface area contributed by atoms with Crippen LogP contribution in [0.2, 0.25) is 0 Å². The topological polar surface area (TPSA) is 58.6 Å². The van der Waals surface area contributed by atoms with Gasteiger partial charge in [0.1, 0.15) is 5.75 Å². The molecule has 1 aromatic rings. The van der Waals surface area contributed by atoms with Gasteiger partial charge in [-0.1, -0.05) is 19.1 Å². The third-order valence-corrected chi connectivity index (χ3v) is 2.16. The SMILES string of the molecule is CC/C(=C/Nc1ccccc1OC)C(=O)O. The van der Waals surface area contributed by atoms with Gasteiger partial charge < -0.3 is 15.2 Å². The Morgan fingerprint density at radius 2 is 2.19 bits per heavy atom. The van der Waals surface area contributed by atoms with Crippen LogP contribution in [0.5, 0.6) is 5.75 Å². The number of anilines is 1. The van der Waals surface area contributed by atoms with Crippen molar-refractivity contribution in [3.05, 3.63) is 36.0 Å². The summed E-state index contributed by atoms with van der Waals surface area (Å²) in [6, 6.07) is 7.34. The standard InChI is InChI=1S/C12H15NO3/c1-3-9(12(14)15)8-13-10-6-4-5-7-11(10)16-2/h4-8,13H,3H2,1-2H3,(H,14,15)/b9-8-. The normalized spacial score (nSPS) is 11.0. The zero-order chi connectivity index (χ0) is 12.0. The third-order valence-electron chi connectivity index (χ3n) is 2.16. The number of methoxy groups -OCH3 is 1. The van der Waals surface area contributed by atoms with Crippen LogP contribution in [-0.2, 0) is 4.79 Å². The summed E-state index contributed by atoms with van der Waals surface area (Å²) in [7, 11) is 1.57. The first kappa shape index (κ1) is 12.1. The summed E-state index contributed by atoms with van der Waals surface area (Å²) in [4.78, 5) is 10.8. The van der Waals surface area contributed by atoms with E-state index in [1.54, 1.807) is 14.0 Å². The van der Waals surface area contributed by atoms with Gasteiger partial charge in [0.2, 0.25) is 0 Å². The lowest BCUT2D eigenvalue weighted by molar-refractivity contribution is -0.132. The number of aliphatic carboxylic acids is 1. The monoisotopic (exact) mass is 221 g/mol. The molecule has 0 fully saturated rings. The van der Waals surface area contributed by atoms with Gasteiger partial charge in [0.25, 0.3) is 0 Å². The van der Waals surface area contributed by atoms with E-state index in [2.05, 4.69) is 5.32 Å². The fraction of sp³-hybridized carbons (Fsp3) is 0.250. The molecule has 0 saturated carbocycles. The van der Waals surface area contributed by atoms with Gasteiger partial charge in [-0.15, -0.1) is 0 Å².